The molecule has 1 heterocycles. The summed E-state index contributed by atoms with van der Waals surface area (Å²) in [5.74, 6) is 1.02. The van der Waals surface area contributed by atoms with Crippen molar-refractivity contribution in [1.29, 1.82) is 0 Å². The molecular formula is C18H25N3. The number of aromatic nitrogens is 1. The fraction of sp³-hybridized carbons (Fsp3) is 0.389. The van der Waals surface area contributed by atoms with Gasteiger partial charge in [0.1, 0.15) is 5.82 Å². The molecule has 0 aliphatic carbocycles. The van der Waals surface area contributed by atoms with Crippen LogP contribution in [-0.4, -0.2) is 18.1 Å². The Morgan fingerprint density at radius 1 is 1.05 bits per heavy atom. The minimum Gasteiger partial charge on any atom is -0.327 e. The Labute approximate surface area is 128 Å². The number of benzene rings is 1. The van der Waals surface area contributed by atoms with Crippen LogP contribution in [0.1, 0.15) is 30.7 Å². The average Bonchev–Trinajstić information content (AvgIpc) is 2.47. The van der Waals surface area contributed by atoms with Crippen molar-refractivity contribution in [2.75, 3.05) is 18.0 Å². The van der Waals surface area contributed by atoms with E-state index in [1.54, 1.807) is 0 Å². The van der Waals surface area contributed by atoms with E-state index < -0.39 is 0 Å². The van der Waals surface area contributed by atoms with Gasteiger partial charge in [-0.3, -0.25) is 0 Å². The topological polar surface area (TPSA) is 28.2 Å². The molecule has 1 aromatic carbocycles. The molecule has 21 heavy (non-hydrogen) atoms. The van der Waals surface area contributed by atoms with E-state index in [2.05, 4.69) is 74.3 Å². The summed E-state index contributed by atoms with van der Waals surface area (Å²) in [4.78, 5) is 6.96. The Bertz CT molecular complexity index is 576. The molecule has 2 rings (SSSR count). The Kier molecular flexibility index (Phi) is 5.34. The van der Waals surface area contributed by atoms with Gasteiger partial charge in [0, 0.05) is 24.5 Å². The number of nitrogens with one attached hydrogen (secondary N) is 1. The molecule has 0 bridgehead atoms. The first-order valence-electron chi connectivity index (χ1n) is 7.66. The zero-order chi connectivity index (χ0) is 15.2. The van der Waals surface area contributed by atoms with Crippen molar-refractivity contribution in [3.05, 3.63) is 53.2 Å². The number of aryl methyl sites for hydroxylation is 2. The number of hydrogen-bond acceptors (Lipinski definition) is 3. The molecule has 112 valence electrons. The van der Waals surface area contributed by atoms with Gasteiger partial charge in [0.15, 0.2) is 0 Å². The standard InChI is InChI=1S/C18H25N3/c1-5-19-13-16-11-15(4)20-18(12-16)21(6-2)17-9-7-14(3)8-10-17/h7-12,19H,5-6,13H2,1-4H3. The van der Waals surface area contributed by atoms with E-state index in [0.717, 1.165) is 31.1 Å². The van der Waals surface area contributed by atoms with Crippen LogP contribution in [0, 0.1) is 13.8 Å². The number of hydrogen-bond donors (Lipinski definition) is 1. The largest absolute Gasteiger partial charge is 0.327 e. The lowest BCUT2D eigenvalue weighted by Gasteiger charge is -2.23. The summed E-state index contributed by atoms with van der Waals surface area (Å²) in [6, 6.07) is 12.9. The Hall–Kier alpha value is -1.87. The maximum Gasteiger partial charge on any atom is 0.133 e. The normalized spacial score (nSPS) is 10.7. The fourth-order valence-electron chi connectivity index (χ4n) is 2.43. The molecule has 0 saturated heterocycles. The first kappa shape index (κ1) is 15.5. The third kappa shape index (κ3) is 4.05. The lowest BCUT2D eigenvalue weighted by atomic mass is 10.2. The number of rotatable bonds is 6. The molecule has 0 spiro atoms. The molecule has 3 heteroatoms. The summed E-state index contributed by atoms with van der Waals surface area (Å²) in [7, 11) is 0. The van der Waals surface area contributed by atoms with Crippen molar-refractivity contribution < 1.29 is 0 Å². The summed E-state index contributed by atoms with van der Waals surface area (Å²) in [6.45, 7) is 11.2. The molecule has 0 fully saturated rings. The molecule has 0 saturated carbocycles. The minimum absolute atomic E-state index is 0.887. The van der Waals surface area contributed by atoms with Crippen LogP contribution in [0.5, 0.6) is 0 Å². The maximum atomic E-state index is 4.71. The zero-order valence-electron chi connectivity index (χ0n) is 13.5. The van der Waals surface area contributed by atoms with Gasteiger partial charge in [-0.1, -0.05) is 24.6 Å². The second kappa shape index (κ2) is 7.23. The van der Waals surface area contributed by atoms with Crippen molar-refractivity contribution in [1.82, 2.24) is 10.3 Å². The highest BCUT2D eigenvalue weighted by atomic mass is 15.2. The van der Waals surface area contributed by atoms with Crippen molar-refractivity contribution in [3.63, 3.8) is 0 Å². The Balaban J connectivity index is 2.32. The van der Waals surface area contributed by atoms with Crippen LogP contribution in [0.3, 0.4) is 0 Å². The van der Waals surface area contributed by atoms with E-state index >= 15 is 0 Å². The maximum absolute atomic E-state index is 4.71. The van der Waals surface area contributed by atoms with Crippen molar-refractivity contribution >= 4 is 11.5 Å². The predicted molar refractivity (Wildman–Crippen MR) is 90.2 cm³/mol. The van der Waals surface area contributed by atoms with Crippen LogP contribution in [0.15, 0.2) is 36.4 Å². The van der Waals surface area contributed by atoms with Gasteiger partial charge in [0.25, 0.3) is 0 Å². The number of pyridine rings is 1. The van der Waals surface area contributed by atoms with Gasteiger partial charge in [-0.25, -0.2) is 4.98 Å². The van der Waals surface area contributed by atoms with Gasteiger partial charge in [0.2, 0.25) is 0 Å². The van der Waals surface area contributed by atoms with Gasteiger partial charge in [-0.05, 0) is 57.1 Å². The molecule has 1 aromatic heterocycles. The second-order valence-corrected chi connectivity index (χ2v) is 5.34. The van der Waals surface area contributed by atoms with Gasteiger partial charge in [0.05, 0.1) is 0 Å². The van der Waals surface area contributed by atoms with E-state index in [-0.39, 0.29) is 0 Å². The van der Waals surface area contributed by atoms with Crippen molar-refractivity contribution in [2.24, 2.45) is 0 Å². The summed E-state index contributed by atoms with van der Waals surface area (Å²) < 4.78 is 0. The number of anilines is 2. The summed E-state index contributed by atoms with van der Waals surface area (Å²) >= 11 is 0. The van der Waals surface area contributed by atoms with Crippen LogP contribution in [0.2, 0.25) is 0 Å². The van der Waals surface area contributed by atoms with Crippen LogP contribution in [-0.2, 0) is 6.54 Å². The minimum atomic E-state index is 0.887. The third-order valence-corrected chi connectivity index (χ3v) is 3.52. The van der Waals surface area contributed by atoms with Crippen molar-refractivity contribution in [2.45, 2.75) is 34.2 Å². The third-order valence-electron chi connectivity index (χ3n) is 3.52. The number of nitrogens with zero attached hydrogens (tertiary/aromatic N) is 2. The van der Waals surface area contributed by atoms with Crippen LogP contribution < -0.4 is 10.2 Å². The van der Waals surface area contributed by atoms with E-state index in [1.165, 1.54) is 16.8 Å². The first-order valence-corrected chi connectivity index (χ1v) is 7.66. The molecule has 3 nitrogen and oxygen atoms in total. The van der Waals surface area contributed by atoms with Crippen LogP contribution in [0.4, 0.5) is 11.5 Å². The lowest BCUT2D eigenvalue weighted by molar-refractivity contribution is 0.724. The highest BCUT2D eigenvalue weighted by Gasteiger charge is 2.10. The smallest absolute Gasteiger partial charge is 0.133 e. The summed E-state index contributed by atoms with van der Waals surface area (Å²) in [5, 5.41) is 3.38. The van der Waals surface area contributed by atoms with E-state index in [0.29, 0.717) is 0 Å². The second-order valence-electron chi connectivity index (χ2n) is 5.34. The predicted octanol–water partition coefficient (Wildman–Crippen LogP) is 3.97. The molecule has 0 unspecified atom stereocenters. The van der Waals surface area contributed by atoms with E-state index in [4.69, 9.17) is 4.98 Å². The molecule has 0 amide bonds. The Morgan fingerprint density at radius 2 is 1.76 bits per heavy atom. The SMILES string of the molecule is CCNCc1cc(C)nc(N(CC)c2ccc(C)cc2)c1. The molecule has 1 N–H and O–H groups in total. The van der Waals surface area contributed by atoms with E-state index in [9.17, 15) is 0 Å². The van der Waals surface area contributed by atoms with Gasteiger partial charge >= 0.3 is 0 Å². The molecule has 0 aliphatic rings. The van der Waals surface area contributed by atoms with Gasteiger partial charge in [-0.2, -0.15) is 0 Å². The average molecular weight is 283 g/mol. The van der Waals surface area contributed by atoms with Gasteiger partial charge in [-0.15, -0.1) is 0 Å². The van der Waals surface area contributed by atoms with Crippen LogP contribution >= 0.6 is 0 Å². The quantitative estimate of drug-likeness (QED) is 0.869. The lowest BCUT2D eigenvalue weighted by Crippen LogP contribution is -2.19. The molecule has 0 radical (unpaired) electrons. The molecule has 0 aliphatic heterocycles. The monoisotopic (exact) mass is 283 g/mol. The van der Waals surface area contributed by atoms with Gasteiger partial charge < -0.3 is 10.2 Å². The highest BCUT2D eigenvalue weighted by Crippen LogP contribution is 2.25. The summed E-state index contributed by atoms with van der Waals surface area (Å²) in [6.07, 6.45) is 0. The Morgan fingerprint density at radius 3 is 2.38 bits per heavy atom. The van der Waals surface area contributed by atoms with E-state index in [1.807, 2.05) is 0 Å². The molecular weight excluding hydrogens is 258 g/mol. The first-order chi connectivity index (χ1) is 10.1. The fourth-order valence-corrected chi connectivity index (χ4v) is 2.43. The summed E-state index contributed by atoms with van der Waals surface area (Å²) in [5.41, 5.74) is 4.81. The highest BCUT2D eigenvalue weighted by molar-refractivity contribution is 5.61. The molecule has 2 aromatic rings. The van der Waals surface area contributed by atoms with Crippen LogP contribution in [0.25, 0.3) is 0 Å². The van der Waals surface area contributed by atoms with Crippen molar-refractivity contribution in [3.8, 4) is 0 Å². The zero-order valence-corrected chi connectivity index (χ0v) is 13.5. The molecule has 0 atom stereocenters.